The minimum absolute atomic E-state index is 0.0722. The van der Waals surface area contributed by atoms with Gasteiger partial charge in [-0.1, -0.05) is 45.0 Å². The van der Waals surface area contributed by atoms with E-state index in [-0.39, 0.29) is 11.9 Å². The number of benzene rings is 1. The van der Waals surface area contributed by atoms with E-state index in [4.69, 9.17) is 0 Å². The standard InChI is InChI=1S/C17H19N3O2S.C7H17N/c1-12-16(23-10-19-12)14-6-4-13(5-7-14)9-18-17(22)15-3-2-8-20(15)11-21;1-6(8-5)7(2,3)4/h4-7,10-11,15H,2-3,8-9H2,1H3,(H,18,22);6,8H,1-5H3. The van der Waals surface area contributed by atoms with Crippen molar-refractivity contribution in [2.75, 3.05) is 13.6 Å². The number of thiazole rings is 1. The molecule has 2 N–H and O–H groups in total. The molecule has 1 aromatic carbocycles. The molecule has 2 unspecified atom stereocenters. The lowest BCUT2D eigenvalue weighted by atomic mass is 9.88. The van der Waals surface area contributed by atoms with Crippen LogP contribution in [0, 0.1) is 12.3 Å². The van der Waals surface area contributed by atoms with Gasteiger partial charge in [-0.05, 0) is 50.3 Å². The zero-order chi connectivity index (χ0) is 23.0. The van der Waals surface area contributed by atoms with Crippen molar-refractivity contribution >= 4 is 23.7 Å². The molecular weight excluding hydrogens is 408 g/mol. The molecule has 0 saturated carbocycles. The molecule has 1 aromatic heterocycles. The fraction of sp³-hybridized carbons (Fsp3) is 0.542. The van der Waals surface area contributed by atoms with Gasteiger partial charge in [0.25, 0.3) is 0 Å². The average molecular weight is 445 g/mol. The van der Waals surface area contributed by atoms with Gasteiger partial charge in [-0.25, -0.2) is 4.98 Å². The van der Waals surface area contributed by atoms with E-state index in [1.54, 1.807) is 16.2 Å². The van der Waals surface area contributed by atoms with Gasteiger partial charge in [0.15, 0.2) is 0 Å². The minimum atomic E-state index is -0.313. The number of aromatic nitrogens is 1. The largest absolute Gasteiger partial charge is 0.350 e. The molecule has 2 heterocycles. The highest BCUT2D eigenvalue weighted by Crippen LogP contribution is 2.27. The molecule has 0 aliphatic carbocycles. The molecule has 7 heteroatoms. The number of carbonyl (C=O) groups excluding carboxylic acids is 2. The second-order valence-corrected chi connectivity index (χ2v) is 9.91. The van der Waals surface area contributed by atoms with Gasteiger partial charge in [0.2, 0.25) is 12.3 Å². The van der Waals surface area contributed by atoms with Gasteiger partial charge in [0.05, 0.1) is 16.1 Å². The number of amides is 2. The van der Waals surface area contributed by atoms with Crippen LogP contribution in [0.1, 0.15) is 51.8 Å². The maximum absolute atomic E-state index is 12.2. The molecule has 0 bridgehead atoms. The van der Waals surface area contributed by atoms with E-state index in [2.05, 4.69) is 55.4 Å². The zero-order valence-electron chi connectivity index (χ0n) is 19.6. The van der Waals surface area contributed by atoms with Crippen LogP contribution in [-0.2, 0) is 16.1 Å². The average Bonchev–Trinajstić information content (AvgIpc) is 3.40. The van der Waals surface area contributed by atoms with Crippen LogP contribution < -0.4 is 10.6 Å². The number of aryl methyl sites for hydroxylation is 1. The van der Waals surface area contributed by atoms with E-state index in [0.29, 0.717) is 24.5 Å². The van der Waals surface area contributed by atoms with E-state index >= 15 is 0 Å². The van der Waals surface area contributed by atoms with Gasteiger partial charge in [-0.3, -0.25) is 9.59 Å². The Morgan fingerprint density at radius 2 is 2.00 bits per heavy atom. The normalized spacial score (nSPS) is 17.0. The smallest absolute Gasteiger partial charge is 0.243 e. The predicted molar refractivity (Wildman–Crippen MR) is 128 cm³/mol. The third kappa shape index (κ3) is 7.14. The third-order valence-corrected chi connectivity index (χ3v) is 6.87. The Kier molecular flexibility index (Phi) is 9.19. The summed E-state index contributed by atoms with van der Waals surface area (Å²) in [4.78, 5) is 30.1. The highest BCUT2D eigenvalue weighted by Gasteiger charge is 2.29. The van der Waals surface area contributed by atoms with Gasteiger partial charge in [-0.2, -0.15) is 0 Å². The van der Waals surface area contributed by atoms with Crippen molar-refractivity contribution in [3.63, 3.8) is 0 Å². The highest BCUT2D eigenvalue weighted by molar-refractivity contribution is 7.13. The summed E-state index contributed by atoms with van der Waals surface area (Å²) in [7, 11) is 2.00. The Bertz CT molecular complexity index is 842. The summed E-state index contributed by atoms with van der Waals surface area (Å²) in [6.07, 6.45) is 2.40. The molecule has 3 rings (SSSR count). The molecule has 170 valence electrons. The van der Waals surface area contributed by atoms with Crippen molar-refractivity contribution in [2.45, 2.75) is 66.1 Å². The van der Waals surface area contributed by atoms with Gasteiger partial charge in [0, 0.05) is 19.1 Å². The number of nitrogens with zero attached hydrogens (tertiary/aromatic N) is 2. The summed E-state index contributed by atoms with van der Waals surface area (Å²) < 4.78 is 0. The maximum Gasteiger partial charge on any atom is 0.243 e. The monoisotopic (exact) mass is 444 g/mol. The SMILES string of the molecule is CNC(C)C(C)(C)C.Cc1ncsc1-c1ccc(CNC(=O)C2CCCN2C=O)cc1. The number of rotatable bonds is 6. The lowest BCUT2D eigenvalue weighted by Gasteiger charge is -2.26. The molecule has 1 fully saturated rings. The number of nitrogens with one attached hydrogen (secondary N) is 2. The van der Waals surface area contributed by atoms with Crippen molar-refractivity contribution in [1.82, 2.24) is 20.5 Å². The maximum atomic E-state index is 12.2. The number of likely N-dealkylation sites (tertiary alicyclic amines) is 1. The molecule has 1 saturated heterocycles. The van der Waals surface area contributed by atoms with E-state index in [9.17, 15) is 9.59 Å². The number of hydrogen-bond acceptors (Lipinski definition) is 5. The van der Waals surface area contributed by atoms with Crippen molar-refractivity contribution in [1.29, 1.82) is 0 Å². The Morgan fingerprint density at radius 3 is 2.48 bits per heavy atom. The van der Waals surface area contributed by atoms with Crippen LogP contribution in [-0.4, -0.2) is 47.9 Å². The third-order valence-electron chi connectivity index (χ3n) is 5.89. The Balaban J connectivity index is 0.000000366. The van der Waals surface area contributed by atoms with E-state index < -0.39 is 0 Å². The summed E-state index contributed by atoms with van der Waals surface area (Å²) in [5.74, 6) is -0.0722. The minimum Gasteiger partial charge on any atom is -0.350 e. The molecular formula is C24H36N4O2S. The van der Waals surface area contributed by atoms with Crippen molar-refractivity contribution < 1.29 is 9.59 Å². The number of carbonyl (C=O) groups is 2. The molecule has 2 aromatic rings. The van der Waals surface area contributed by atoms with Crippen LogP contribution in [0.4, 0.5) is 0 Å². The second kappa shape index (κ2) is 11.4. The summed E-state index contributed by atoms with van der Waals surface area (Å²) in [5, 5.41) is 6.13. The van der Waals surface area contributed by atoms with Crippen LogP contribution in [0.5, 0.6) is 0 Å². The first-order valence-electron chi connectivity index (χ1n) is 10.8. The molecule has 6 nitrogen and oxygen atoms in total. The molecule has 0 radical (unpaired) electrons. The topological polar surface area (TPSA) is 74.3 Å². The van der Waals surface area contributed by atoms with Crippen LogP contribution in [0.25, 0.3) is 10.4 Å². The lowest BCUT2D eigenvalue weighted by Crippen LogP contribution is -2.42. The molecule has 1 aliphatic heterocycles. The zero-order valence-corrected chi connectivity index (χ0v) is 20.4. The summed E-state index contributed by atoms with van der Waals surface area (Å²) in [6, 6.07) is 8.42. The first kappa shape index (κ1) is 25.0. The first-order valence-corrected chi connectivity index (χ1v) is 11.7. The first-order chi connectivity index (χ1) is 14.7. The fourth-order valence-electron chi connectivity index (χ4n) is 3.29. The molecule has 2 amide bonds. The van der Waals surface area contributed by atoms with Gasteiger partial charge in [0.1, 0.15) is 6.04 Å². The van der Waals surface area contributed by atoms with Crippen molar-refractivity contribution in [2.24, 2.45) is 5.41 Å². The van der Waals surface area contributed by atoms with Gasteiger partial charge >= 0.3 is 0 Å². The van der Waals surface area contributed by atoms with Gasteiger partial charge < -0.3 is 15.5 Å². The predicted octanol–water partition coefficient (Wildman–Crippen LogP) is 4.00. The van der Waals surface area contributed by atoms with E-state index in [1.165, 1.54) is 4.88 Å². The Labute approximate surface area is 190 Å². The van der Waals surface area contributed by atoms with Crippen LogP contribution in [0.2, 0.25) is 0 Å². The van der Waals surface area contributed by atoms with Crippen LogP contribution >= 0.6 is 11.3 Å². The summed E-state index contributed by atoms with van der Waals surface area (Å²) in [5.41, 5.74) is 5.46. The lowest BCUT2D eigenvalue weighted by molar-refractivity contribution is -0.131. The second-order valence-electron chi connectivity index (χ2n) is 9.06. The molecule has 31 heavy (non-hydrogen) atoms. The van der Waals surface area contributed by atoms with Crippen LogP contribution in [0.15, 0.2) is 29.8 Å². The van der Waals surface area contributed by atoms with Crippen molar-refractivity contribution in [3.8, 4) is 10.4 Å². The quantitative estimate of drug-likeness (QED) is 0.661. The Hall–Kier alpha value is -2.25. The van der Waals surface area contributed by atoms with E-state index in [0.717, 1.165) is 36.1 Å². The summed E-state index contributed by atoms with van der Waals surface area (Å²) >= 11 is 1.63. The van der Waals surface area contributed by atoms with Crippen LogP contribution in [0.3, 0.4) is 0 Å². The Morgan fingerprint density at radius 1 is 1.32 bits per heavy atom. The molecule has 0 spiro atoms. The van der Waals surface area contributed by atoms with Gasteiger partial charge in [-0.15, -0.1) is 11.3 Å². The number of hydrogen-bond donors (Lipinski definition) is 2. The van der Waals surface area contributed by atoms with E-state index in [1.807, 2.05) is 31.6 Å². The molecule has 1 aliphatic rings. The molecule has 2 atom stereocenters. The highest BCUT2D eigenvalue weighted by atomic mass is 32.1. The summed E-state index contributed by atoms with van der Waals surface area (Å²) in [6.45, 7) is 12.0. The van der Waals surface area contributed by atoms with Crippen molar-refractivity contribution in [3.05, 3.63) is 41.0 Å². The fourth-order valence-corrected chi connectivity index (χ4v) is 4.10.